The van der Waals surface area contributed by atoms with Gasteiger partial charge in [0.1, 0.15) is 16.4 Å². The monoisotopic (exact) mass is 424 g/mol. The molecule has 0 radical (unpaired) electrons. The van der Waals surface area contributed by atoms with Gasteiger partial charge in [-0.25, -0.2) is 14.6 Å². The fraction of sp³-hybridized carbons (Fsp3) is 0.550. The van der Waals surface area contributed by atoms with Crippen molar-refractivity contribution < 1.29 is 28.2 Å². The highest BCUT2D eigenvalue weighted by atomic mass is 35.5. The van der Waals surface area contributed by atoms with Crippen LogP contribution in [0.3, 0.4) is 0 Å². The highest BCUT2D eigenvalue weighted by molar-refractivity contribution is 6.30. The molecule has 29 heavy (non-hydrogen) atoms. The highest BCUT2D eigenvalue weighted by Crippen LogP contribution is 2.38. The molecule has 0 unspecified atom stereocenters. The zero-order chi connectivity index (χ0) is 21.0. The number of anilines is 1. The number of furan rings is 1. The van der Waals surface area contributed by atoms with Crippen molar-refractivity contribution in [3.63, 3.8) is 0 Å². The first-order valence-corrected chi connectivity index (χ1v) is 10.2. The van der Waals surface area contributed by atoms with Gasteiger partial charge in [-0.15, -0.1) is 0 Å². The third-order valence-electron chi connectivity index (χ3n) is 4.80. The van der Waals surface area contributed by atoms with Gasteiger partial charge in [0, 0.05) is 12.6 Å². The maximum absolute atomic E-state index is 13.0. The largest absolute Gasteiger partial charge is 0.460 e. The first-order chi connectivity index (χ1) is 14.0. The van der Waals surface area contributed by atoms with Crippen LogP contribution in [0, 0.1) is 0 Å². The van der Waals surface area contributed by atoms with Crippen molar-refractivity contribution in [2.75, 3.05) is 24.7 Å². The Labute approximate surface area is 174 Å². The first kappa shape index (κ1) is 21.4. The molecule has 3 rings (SSSR count). The summed E-state index contributed by atoms with van der Waals surface area (Å²) in [4.78, 5) is 31.4. The Kier molecular flexibility index (Phi) is 6.97. The van der Waals surface area contributed by atoms with E-state index < -0.39 is 12.1 Å². The lowest BCUT2D eigenvalue weighted by Gasteiger charge is -2.36. The topological polar surface area (TPSA) is 91.1 Å². The molecule has 0 aliphatic carbocycles. The number of rotatable bonds is 6. The molecule has 0 N–H and O–H groups in total. The molecule has 1 fully saturated rings. The number of ether oxygens (including phenoxy) is 3. The molecular weight excluding hydrogens is 400 g/mol. The average Bonchev–Trinajstić information content (AvgIpc) is 3.07. The van der Waals surface area contributed by atoms with E-state index in [2.05, 4.69) is 4.98 Å². The zero-order valence-electron chi connectivity index (χ0n) is 16.8. The van der Waals surface area contributed by atoms with Gasteiger partial charge in [0.05, 0.1) is 19.3 Å². The molecule has 0 spiro atoms. The van der Waals surface area contributed by atoms with Crippen molar-refractivity contribution in [2.24, 2.45) is 0 Å². The van der Waals surface area contributed by atoms with Gasteiger partial charge >= 0.3 is 12.1 Å². The molecule has 1 saturated heterocycles. The molecule has 1 aliphatic rings. The maximum Gasteiger partial charge on any atom is 0.414 e. The number of esters is 1. The fourth-order valence-corrected chi connectivity index (χ4v) is 3.64. The summed E-state index contributed by atoms with van der Waals surface area (Å²) in [7, 11) is 0. The Morgan fingerprint density at radius 3 is 2.69 bits per heavy atom. The Morgan fingerprint density at radius 1 is 1.24 bits per heavy atom. The minimum atomic E-state index is -0.676. The van der Waals surface area contributed by atoms with Crippen LogP contribution in [0.4, 0.5) is 10.5 Å². The fourth-order valence-electron chi connectivity index (χ4n) is 3.49. The highest BCUT2D eigenvalue weighted by Gasteiger charge is 2.38. The van der Waals surface area contributed by atoms with E-state index in [1.807, 2.05) is 6.92 Å². The first-order valence-electron chi connectivity index (χ1n) is 9.83. The van der Waals surface area contributed by atoms with Crippen molar-refractivity contribution in [2.45, 2.75) is 52.2 Å². The van der Waals surface area contributed by atoms with Gasteiger partial charge in [0.25, 0.3) is 0 Å². The van der Waals surface area contributed by atoms with Crippen LogP contribution in [-0.2, 0) is 14.2 Å². The molecule has 1 aliphatic heterocycles. The molecule has 158 valence electrons. The van der Waals surface area contributed by atoms with E-state index in [1.54, 1.807) is 26.0 Å². The lowest BCUT2D eigenvalue weighted by molar-refractivity contribution is 0.00465. The summed E-state index contributed by atoms with van der Waals surface area (Å²) in [6, 6.07) is 2.92. The summed E-state index contributed by atoms with van der Waals surface area (Å²) < 4.78 is 22.0. The number of fused-ring (bicyclic) bond motifs is 1. The van der Waals surface area contributed by atoms with E-state index in [9.17, 15) is 9.59 Å². The van der Waals surface area contributed by atoms with E-state index in [0.29, 0.717) is 30.5 Å². The standard InChI is InChI=1S/C20H25ClN2O6/c1-4-13-11-12(9-10-28-13)23(20(25)27-6-3)17-16-14(7-8-15(21)22-16)29-18(17)19(24)26-5-2/h7-8,12-13H,4-6,9-11H2,1-3H3/t12-,13-/m1/s1. The van der Waals surface area contributed by atoms with E-state index in [4.69, 9.17) is 30.2 Å². The molecule has 1 amide bonds. The minimum absolute atomic E-state index is 0.00596. The second-order valence-corrected chi connectivity index (χ2v) is 7.02. The predicted molar refractivity (Wildman–Crippen MR) is 108 cm³/mol. The van der Waals surface area contributed by atoms with Gasteiger partial charge < -0.3 is 18.6 Å². The molecule has 0 bridgehead atoms. The number of aromatic nitrogens is 1. The van der Waals surface area contributed by atoms with Crippen molar-refractivity contribution in [1.29, 1.82) is 0 Å². The second kappa shape index (κ2) is 9.45. The number of halogens is 1. The molecule has 2 atom stereocenters. The smallest absolute Gasteiger partial charge is 0.414 e. The van der Waals surface area contributed by atoms with Gasteiger partial charge in [-0.1, -0.05) is 18.5 Å². The van der Waals surface area contributed by atoms with E-state index in [1.165, 1.54) is 4.90 Å². The summed E-state index contributed by atoms with van der Waals surface area (Å²) in [5.74, 6) is -0.769. The summed E-state index contributed by atoms with van der Waals surface area (Å²) in [6.07, 6.45) is 1.43. The Morgan fingerprint density at radius 2 is 2.00 bits per heavy atom. The minimum Gasteiger partial charge on any atom is -0.460 e. The van der Waals surface area contributed by atoms with E-state index in [0.717, 1.165) is 6.42 Å². The molecule has 0 saturated carbocycles. The summed E-state index contributed by atoms with van der Waals surface area (Å²) in [6.45, 7) is 6.30. The molecular formula is C20H25ClN2O6. The number of nitrogens with zero attached hydrogens (tertiary/aromatic N) is 2. The van der Waals surface area contributed by atoms with Gasteiger partial charge in [0.15, 0.2) is 5.58 Å². The molecule has 2 aromatic heterocycles. The molecule has 2 aromatic rings. The number of carbonyl (C=O) groups excluding carboxylic acids is 2. The molecule has 8 nitrogen and oxygen atoms in total. The third-order valence-corrected chi connectivity index (χ3v) is 5.01. The van der Waals surface area contributed by atoms with Crippen LogP contribution in [0.15, 0.2) is 16.5 Å². The van der Waals surface area contributed by atoms with Crippen LogP contribution in [0.2, 0.25) is 5.15 Å². The quantitative estimate of drug-likeness (QED) is 0.495. The van der Waals surface area contributed by atoms with E-state index >= 15 is 0 Å². The molecule has 3 heterocycles. The van der Waals surface area contributed by atoms with Crippen molar-refractivity contribution in [3.8, 4) is 0 Å². The number of amides is 1. The number of pyridine rings is 1. The van der Waals surface area contributed by atoms with Gasteiger partial charge in [-0.2, -0.15) is 0 Å². The van der Waals surface area contributed by atoms with Crippen LogP contribution in [-0.4, -0.2) is 49.0 Å². The SMILES string of the molecule is CCOC(=O)c1oc2ccc(Cl)nc2c1N(C(=O)OCC)[C@@H]1CCO[C@H](CC)C1. The van der Waals surface area contributed by atoms with Crippen LogP contribution < -0.4 is 4.90 Å². The van der Waals surface area contributed by atoms with Crippen molar-refractivity contribution >= 4 is 40.5 Å². The summed E-state index contributed by atoms with van der Waals surface area (Å²) >= 11 is 6.09. The normalized spacial score (nSPS) is 19.2. The van der Waals surface area contributed by atoms with Gasteiger partial charge in [0.2, 0.25) is 5.76 Å². The molecule has 0 aromatic carbocycles. The predicted octanol–water partition coefficient (Wildman–Crippen LogP) is 4.58. The zero-order valence-corrected chi connectivity index (χ0v) is 17.5. The Hall–Kier alpha value is -2.32. The summed E-state index contributed by atoms with van der Waals surface area (Å²) in [5, 5.41) is 0.220. The maximum atomic E-state index is 13.0. The van der Waals surface area contributed by atoms with Crippen molar-refractivity contribution in [1.82, 2.24) is 4.98 Å². The third kappa shape index (κ3) is 4.48. The van der Waals surface area contributed by atoms with Gasteiger partial charge in [-0.05, 0) is 45.2 Å². The summed E-state index contributed by atoms with van der Waals surface area (Å²) in [5.41, 5.74) is 0.871. The van der Waals surface area contributed by atoms with Crippen LogP contribution in [0.25, 0.3) is 11.1 Å². The lowest BCUT2D eigenvalue weighted by atomic mass is 9.99. The lowest BCUT2D eigenvalue weighted by Crippen LogP contribution is -2.46. The molecule has 9 heteroatoms. The van der Waals surface area contributed by atoms with Crippen LogP contribution in [0.1, 0.15) is 50.6 Å². The van der Waals surface area contributed by atoms with E-state index in [-0.39, 0.29) is 42.0 Å². The van der Waals surface area contributed by atoms with Crippen molar-refractivity contribution in [3.05, 3.63) is 23.0 Å². The number of carbonyl (C=O) groups is 2. The van der Waals surface area contributed by atoms with Gasteiger partial charge in [-0.3, -0.25) is 4.90 Å². The number of hydrogen-bond acceptors (Lipinski definition) is 7. The average molecular weight is 425 g/mol. The second-order valence-electron chi connectivity index (χ2n) is 6.63. The Balaban J connectivity index is 2.17. The number of hydrogen-bond donors (Lipinski definition) is 0. The van der Waals surface area contributed by atoms with Crippen LogP contribution in [0.5, 0.6) is 0 Å². The van der Waals surface area contributed by atoms with Crippen LogP contribution >= 0.6 is 11.6 Å². The Bertz CT molecular complexity index is 883.